The van der Waals surface area contributed by atoms with Gasteiger partial charge in [-0.3, -0.25) is 9.59 Å². The van der Waals surface area contributed by atoms with Crippen molar-refractivity contribution >= 4 is 11.8 Å². The van der Waals surface area contributed by atoms with Gasteiger partial charge in [-0.2, -0.15) is 0 Å². The van der Waals surface area contributed by atoms with E-state index in [1.807, 2.05) is 0 Å². The summed E-state index contributed by atoms with van der Waals surface area (Å²) in [4.78, 5) is 22.8. The Hall–Kier alpha value is -1.06. The van der Waals surface area contributed by atoms with E-state index >= 15 is 0 Å². The maximum Gasteiger partial charge on any atom is 0.220 e. The fourth-order valence-electron chi connectivity index (χ4n) is 2.80. The summed E-state index contributed by atoms with van der Waals surface area (Å²) in [6, 6.07) is 0.142. The van der Waals surface area contributed by atoms with Crippen molar-refractivity contribution in [1.82, 2.24) is 10.6 Å². The number of piperidine rings is 1. The van der Waals surface area contributed by atoms with Gasteiger partial charge < -0.3 is 10.6 Å². The highest BCUT2D eigenvalue weighted by molar-refractivity contribution is 5.79. The number of carbonyl (C=O) groups is 2. The summed E-state index contributed by atoms with van der Waals surface area (Å²) in [6.07, 6.45) is 8.27. The van der Waals surface area contributed by atoms with E-state index < -0.39 is 0 Å². The summed E-state index contributed by atoms with van der Waals surface area (Å²) in [5.41, 5.74) is 0. The van der Waals surface area contributed by atoms with Gasteiger partial charge in [0.1, 0.15) is 0 Å². The van der Waals surface area contributed by atoms with Gasteiger partial charge in [-0.05, 0) is 25.2 Å². The summed E-state index contributed by atoms with van der Waals surface area (Å²) in [5.74, 6) is 0.850. The van der Waals surface area contributed by atoms with Gasteiger partial charge in [0.25, 0.3) is 0 Å². The van der Waals surface area contributed by atoms with Gasteiger partial charge in [0, 0.05) is 25.4 Å². The lowest BCUT2D eigenvalue weighted by molar-refractivity contribution is -0.126. The molecule has 2 amide bonds. The molecule has 0 spiro atoms. The monoisotopic (exact) mass is 238 g/mol. The Balaban J connectivity index is 1.67. The third-order valence-corrected chi connectivity index (χ3v) is 3.83. The molecule has 1 atom stereocenters. The molecular formula is C13H22N2O2. The van der Waals surface area contributed by atoms with Gasteiger partial charge in [0.2, 0.25) is 11.8 Å². The first-order valence-electron chi connectivity index (χ1n) is 6.80. The standard InChI is InChI=1S/C13H22N2O2/c16-12-7-6-11(9-14-12)15-13(17)8-10-4-2-1-3-5-10/h10-11H,1-9H2,(H,14,16)(H,15,17). The molecule has 2 rings (SSSR count). The van der Waals surface area contributed by atoms with Crippen molar-refractivity contribution in [3.63, 3.8) is 0 Å². The van der Waals surface area contributed by atoms with Crippen LogP contribution in [0.3, 0.4) is 0 Å². The third kappa shape index (κ3) is 4.02. The Labute approximate surface area is 103 Å². The second kappa shape index (κ2) is 6.03. The van der Waals surface area contributed by atoms with Crippen LogP contribution in [0, 0.1) is 5.92 Å². The first kappa shape index (κ1) is 12.4. The Morgan fingerprint density at radius 1 is 1.24 bits per heavy atom. The second-order valence-corrected chi connectivity index (χ2v) is 5.32. The van der Waals surface area contributed by atoms with E-state index in [1.165, 1.54) is 32.1 Å². The average molecular weight is 238 g/mol. The maximum atomic E-state index is 11.8. The predicted molar refractivity (Wildman–Crippen MR) is 65.4 cm³/mol. The summed E-state index contributed by atoms with van der Waals surface area (Å²) in [5, 5.41) is 5.82. The van der Waals surface area contributed by atoms with E-state index in [4.69, 9.17) is 0 Å². The van der Waals surface area contributed by atoms with Crippen molar-refractivity contribution in [2.45, 2.75) is 57.4 Å². The van der Waals surface area contributed by atoms with Gasteiger partial charge in [-0.1, -0.05) is 19.3 Å². The molecule has 0 aromatic carbocycles. The topological polar surface area (TPSA) is 58.2 Å². The number of carbonyl (C=O) groups excluding carboxylic acids is 2. The molecule has 1 saturated heterocycles. The number of hydrogen-bond donors (Lipinski definition) is 2. The molecule has 2 aliphatic rings. The molecule has 1 aliphatic heterocycles. The van der Waals surface area contributed by atoms with Crippen molar-refractivity contribution in [3.05, 3.63) is 0 Å². The van der Waals surface area contributed by atoms with E-state index in [1.54, 1.807) is 0 Å². The van der Waals surface area contributed by atoms with Crippen LogP contribution in [0.1, 0.15) is 51.4 Å². The fraction of sp³-hybridized carbons (Fsp3) is 0.846. The van der Waals surface area contributed by atoms with Gasteiger partial charge in [-0.15, -0.1) is 0 Å². The van der Waals surface area contributed by atoms with E-state index in [2.05, 4.69) is 10.6 Å². The zero-order chi connectivity index (χ0) is 12.1. The molecule has 4 heteroatoms. The van der Waals surface area contributed by atoms with Crippen LogP contribution >= 0.6 is 0 Å². The minimum absolute atomic E-state index is 0.0998. The first-order chi connectivity index (χ1) is 8.24. The molecule has 0 aromatic rings. The highest BCUT2D eigenvalue weighted by Gasteiger charge is 2.22. The molecule has 96 valence electrons. The lowest BCUT2D eigenvalue weighted by Gasteiger charge is -2.25. The molecule has 4 nitrogen and oxygen atoms in total. The summed E-state index contributed by atoms with van der Waals surface area (Å²) < 4.78 is 0. The normalized spacial score (nSPS) is 26.4. The zero-order valence-electron chi connectivity index (χ0n) is 10.3. The SMILES string of the molecule is O=C1CCC(NC(=O)CC2CCCCC2)CN1. The first-order valence-corrected chi connectivity index (χ1v) is 6.80. The molecule has 1 unspecified atom stereocenters. The minimum Gasteiger partial charge on any atom is -0.354 e. The quantitative estimate of drug-likeness (QED) is 0.779. The van der Waals surface area contributed by atoms with Crippen LogP contribution in [0.15, 0.2) is 0 Å². The zero-order valence-corrected chi connectivity index (χ0v) is 10.3. The van der Waals surface area contributed by atoms with E-state index in [9.17, 15) is 9.59 Å². The smallest absolute Gasteiger partial charge is 0.220 e. The van der Waals surface area contributed by atoms with Gasteiger partial charge in [0.15, 0.2) is 0 Å². The molecule has 0 bridgehead atoms. The summed E-state index contributed by atoms with van der Waals surface area (Å²) in [7, 11) is 0. The number of amides is 2. The fourth-order valence-corrected chi connectivity index (χ4v) is 2.80. The lowest BCUT2D eigenvalue weighted by Crippen LogP contribution is -2.48. The Morgan fingerprint density at radius 2 is 2.00 bits per heavy atom. The second-order valence-electron chi connectivity index (χ2n) is 5.32. The molecule has 0 radical (unpaired) electrons. The lowest BCUT2D eigenvalue weighted by atomic mass is 9.87. The van der Waals surface area contributed by atoms with Crippen molar-refractivity contribution in [2.24, 2.45) is 5.92 Å². The number of rotatable bonds is 3. The van der Waals surface area contributed by atoms with Crippen LogP contribution in [0.2, 0.25) is 0 Å². The minimum atomic E-state index is 0.0998. The van der Waals surface area contributed by atoms with Crippen molar-refractivity contribution in [2.75, 3.05) is 6.54 Å². The van der Waals surface area contributed by atoms with Crippen LogP contribution < -0.4 is 10.6 Å². The molecule has 1 aliphatic carbocycles. The van der Waals surface area contributed by atoms with Gasteiger partial charge in [-0.25, -0.2) is 0 Å². The largest absolute Gasteiger partial charge is 0.354 e. The van der Waals surface area contributed by atoms with E-state index in [-0.39, 0.29) is 17.9 Å². The highest BCUT2D eigenvalue weighted by Crippen LogP contribution is 2.26. The molecule has 0 aromatic heterocycles. The number of hydrogen-bond acceptors (Lipinski definition) is 2. The van der Waals surface area contributed by atoms with Crippen molar-refractivity contribution in [1.29, 1.82) is 0 Å². The third-order valence-electron chi connectivity index (χ3n) is 3.83. The van der Waals surface area contributed by atoms with Crippen molar-refractivity contribution in [3.8, 4) is 0 Å². The Kier molecular flexibility index (Phi) is 4.40. The van der Waals surface area contributed by atoms with Gasteiger partial charge >= 0.3 is 0 Å². The molecular weight excluding hydrogens is 216 g/mol. The van der Waals surface area contributed by atoms with Gasteiger partial charge in [0.05, 0.1) is 0 Å². The van der Waals surface area contributed by atoms with Crippen LogP contribution in [-0.4, -0.2) is 24.4 Å². The molecule has 1 saturated carbocycles. The van der Waals surface area contributed by atoms with Crippen LogP contribution in [0.5, 0.6) is 0 Å². The van der Waals surface area contributed by atoms with Crippen LogP contribution in [0.4, 0.5) is 0 Å². The predicted octanol–water partition coefficient (Wildman–Crippen LogP) is 1.35. The summed E-state index contributed by atoms with van der Waals surface area (Å²) in [6.45, 7) is 0.592. The summed E-state index contributed by atoms with van der Waals surface area (Å²) >= 11 is 0. The van der Waals surface area contributed by atoms with E-state index in [0.29, 0.717) is 25.3 Å². The Bertz CT molecular complexity index is 275. The van der Waals surface area contributed by atoms with E-state index in [0.717, 1.165) is 6.42 Å². The molecule has 17 heavy (non-hydrogen) atoms. The van der Waals surface area contributed by atoms with Crippen LogP contribution in [0.25, 0.3) is 0 Å². The molecule has 2 fully saturated rings. The molecule has 1 heterocycles. The van der Waals surface area contributed by atoms with Crippen molar-refractivity contribution < 1.29 is 9.59 Å². The highest BCUT2D eigenvalue weighted by atomic mass is 16.2. The van der Waals surface area contributed by atoms with Crippen LogP contribution in [-0.2, 0) is 9.59 Å². The maximum absolute atomic E-state index is 11.8. The average Bonchev–Trinajstić information content (AvgIpc) is 2.33. The molecule has 2 N–H and O–H groups in total. The Morgan fingerprint density at radius 3 is 2.65 bits per heavy atom. The number of nitrogens with one attached hydrogen (secondary N) is 2.